The Morgan fingerprint density at radius 2 is 1.70 bits per heavy atom. The fourth-order valence-electron chi connectivity index (χ4n) is 4.51. The van der Waals surface area contributed by atoms with Crippen LogP contribution < -0.4 is 10.1 Å². The second-order valence-corrected chi connectivity index (χ2v) is 10.0. The van der Waals surface area contributed by atoms with Crippen LogP contribution in [-0.4, -0.2) is 35.4 Å². The third kappa shape index (κ3) is 7.70. The van der Waals surface area contributed by atoms with Gasteiger partial charge in [-0.2, -0.15) is 0 Å². The van der Waals surface area contributed by atoms with Crippen molar-refractivity contribution >= 4 is 35.0 Å². The number of rotatable bonds is 10. The van der Waals surface area contributed by atoms with Crippen LogP contribution in [0.1, 0.15) is 36.8 Å². The third-order valence-corrected chi connectivity index (χ3v) is 7.09. The quantitative estimate of drug-likeness (QED) is 0.331. The molecule has 8 heteroatoms. The molecule has 1 unspecified atom stereocenters. The Kier molecular flexibility index (Phi) is 9.42. The lowest BCUT2D eigenvalue weighted by Gasteiger charge is -2.32. The molecule has 0 radical (unpaired) electrons. The van der Waals surface area contributed by atoms with E-state index in [-0.39, 0.29) is 25.1 Å². The fourth-order valence-corrected chi connectivity index (χ4v) is 4.98. The first-order valence-electron chi connectivity index (χ1n) is 12.3. The molecule has 0 aromatic heterocycles. The Balaban J connectivity index is 1.63. The van der Waals surface area contributed by atoms with E-state index in [4.69, 9.17) is 27.9 Å². The van der Waals surface area contributed by atoms with E-state index in [1.54, 1.807) is 18.2 Å². The Morgan fingerprint density at radius 1 is 1.00 bits per heavy atom. The molecule has 2 amide bonds. The highest BCUT2D eigenvalue weighted by atomic mass is 35.5. The number of ether oxygens (including phenoxy) is 1. The summed E-state index contributed by atoms with van der Waals surface area (Å²) in [5.74, 6) is -0.646. The van der Waals surface area contributed by atoms with E-state index >= 15 is 0 Å². The molecule has 1 aliphatic rings. The molecule has 1 aliphatic carbocycles. The summed E-state index contributed by atoms with van der Waals surface area (Å²) in [6.07, 6.45) is 4.32. The van der Waals surface area contributed by atoms with Crippen LogP contribution in [0.5, 0.6) is 5.75 Å². The number of nitrogens with zero attached hydrogens (tertiary/aromatic N) is 1. The van der Waals surface area contributed by atoms with Crippen molar-refractivity contribution < 1.29 is 18.7 Å². The molecule has 37 heavy (non-hydrogen) atoms. The monoisotopic (exact) mass is 542 g/mol. The Bertz CT molecular complexity index is 1200. The second-order valence-electron chi connectivity index (χ2n) is 9.20. The maximum Gasteiger partial charge on any atom is 0.261 e. The summed E-state index contributed by atoms with van der Waals surface area (Å²) in [5.41, 5.74) is 1.58. The largest absolute Gasteiger partial charge is 0.484 e. The van der Waals surface area contributed by atoms with Crippen LogP contribution in [0, 0.1) is 5.82 Å². The van der Waals surface area contributed by atoms with E-state index in [0.717, 1.165) is 31.2 Å². The first kappa shape index (κ1) is 27.0. The van der Waals surface area contributed by atoms with Crippen LogP contribution in [-0.2, 0) is 22.6 Å². The van der Waals surface area contributed by atoms with E-state index in [1.165, 1.54) is 29.2 Å². The zero-order valence-corrected chi connectivity index (χ0v) is 21.9. The lowest BCUT2D eigenvalue weighted by atomic mass is 10.0. The van der Waals surface area contributed by atoms with Gasteiger partial charge < -0.3 is 15.0 Å². The highest BCUT2D eigenvalue weighted by molar-refractivity contribution is 6.35. The van der Waals surface area contributed by atoms with Crippen LogP contribution in [0.3, 0.4) is 0 Å². The van der Waals surface area contributed by atoms with E-state index in [2.05, 4.69) is 5.32 Å². The number of benzene rings is 3. The highest BCUT2D eigenvalue weighted by Crippen LogP contribution is 2.25. The van der Waals surface area contributed by atoms with Crippen molar-refractivity contribution in [1.82, 2.24) is 10.2 Å². The van der Waals surface area contributed by atoms with Crippen molar-refractivity contribution in [2.75, 3.05) is 6.61 Å². The molecule has 0 aliphatic heterocycles. The molecule has 1 atom stereocenters. The Hall–Kier alpha value is -3.09. The number of carbonyl (C=O) groups is 2. The third-order valence-electron chi connectivity index (χ3n) is 6.50. The van der Waals surface area contributed by atoms with Gasteiger partial charge in [-0.05, 0) is 60.4 Å². The summed E-state index contributed by atoms with van der Waals surface area (Å²) in [6, 6.07) is 19.4. The predicted octanol–water partition coefficient (Wildman–Crippen LogP) is 6.21. The van der Waals surface area contributed by atoms with Gasteiger partial charge in [0.15, 0.2) is 6.61 Å². The minimum Gasteiger partial charge on any atom is -0.484 e. The van der Waals surface area contributed by atoms with Crippen molar-refractivity contribution in [3.05, 3.63) is 99.8 Å². The molecule has 3 aromatic rings. The predicted molar refractivity (Wildman–Crippen MR) is 143 cm³/mol. The van der Waals surface area contributed by atoms with Crippen LogP contribution in [0.15, 0.2) is 72.8 Å². The van der Waals surface area contributed by atoms with Crippen molar-refractivity contribution in [1.29, 1.82) is 0 Å². The fraction of sp³-hybridized carbons (Fsp3) is 0.310. The van der Waals surface area contributed by atoms with Gasteiger partial charge in [0.2, 0.25) is 5.91 Å². The number of halogens is 3. The first-order valence-corrected chi connectivity index (χ1v) is 13.1. The van der Waals surface area contributed by atoms with Crippen LogP contribution in [0.2, 0.25) is 10.0 Å². The molecule has 0 spiro atoms. The molecule has 4 rings (SSSR count). The molecule has 0 heterocycles. The Morgan fingerprint density at radius 3 is 2.38 bits per heavy atom. The van der Waals surface area contributed by atoms with Gasteiger partial charge in [0, 0.05) is 29.1 Å². The normalized spacial score (nSPS) is 14.2. The number of carbonyl (C=O) groups excluding carboxylic acids is 2. The lowest BCUT2D eigenvalue weighted by Crippen LogP contribution is -2.53. The van der Waals surface area contributed by atoms with Gasteiger partial charge in [-0.15, -0.1) is 0 Å². The second kappa shape index (κ2) is 12.9. The molecule has 1 fully saturated rings. The number of hydrogen-bond donors (Lipinski definition) is 1. The van der Waals surface area contributed by atoms with E-state index in [1.807, 2.05) is 30.3 Å². The SMILES string of the molecule is O=C(NC1CCCC1)C(Cc1ccccc1)N(Cc1ccc(Cl)cc1Cl)C(=O)COc1ccc(F)cc1. The van der Waals surface area contributed by atoms with Crippen molar-refractivity contribution in [2.45, 2.75) is 50.7 Å². The average Bonchev–Trinajstić information content (AvgIpc) is 3.40. The minimum atomic E-state index is -0.793. The highest BCUT2D eigenvalue weighted by Gasteiger charge is 2.32. The van der Waals surface area contributed by atoms with Crippen molar-refractivity contribution in [3.63, 3.8) is 0 Å². The maximum atomic E-state index is 13.6. The van der Waals surface area contributed by atoms with Crippen molar-refractivity contribution in [2.24, 2.45) is 0 Å². The van der Waals surface area contributed by atoms with Gasteiger partial charge >= 0.3 is 0 Å². The molecule has 0 bridgehead atoms. The minimum absolute atomic E-state index is 0.0944. The van der Waals surface area contributed by atoms with Crippen LogP contribution in [0.25, 0.3) is 0 Å². The molecule has 1 saturated carbocycles. The summed E-state index contributed by atoms with van der Waals surface area (Å²) < 4.78 is 19.0. The average molecular weight is 543 g/mol. The zero-order valence-electron chi connectivity index (χ0n) is 20.3. The van der Waals surface area contributed by atoms with Gasteiger partial charge in [-0.1, -0.05) is 72.4 Å². The van der Waals surface area contributed by atoms with Crippen molar-refractivity contribution in [3.8, 4) is 5.75 Å². The molecule has 5 nitrogen and oxygen atoms in total. The lowest BCUT2D eigenvalue weighted by molar-refractivity contribution is -0.143. The van der Waals surface area contributed by atoms with Crippen LogP contribution >= 0.6 is 23.2 Å². The van der Waals surface area contributed by atoms with Gasteiger partial charge in [-0.25, -0.2) is 4.39 Å². The number of hydrogen-bond acceptors (Lipinski definition) is 3. The van der Waals surface area contributed by atoms with Gasteiger partial charge in [0.1, 0.15) is 17.6 Å². The topological polar surface area (TPSA) is 58.6 Å². The summed E-state index contributed by atoms with van der Waals surface area (Å²) >= 11 is 12.5. The summed E-state index contributed by atoms with van der Waals surface area (Å²) in [5, 5.41) is 4.03. The number of amides is 2. The number of nitrogens with one attached hydrogen (secondary N) is 1. The van der Waals surface area contributed by atoms with Crippen LogP contribution in [0.4, 0.5) is 4.39 Å². The summed E-state index contributed by atoms with van der Waals surface area (Å²) in [6.45, 7) is -0.226. The summed E-state index contributed by atoms with van der Waals surface area (Å²) in [7, 11) is 0. The zero-order chi connectivity index (χ0) is 26.2. The molecular formula is C29H29Cl2FN2O3. The van der Waals surface area contributed by atoms with E-state index in [9.17, 15) is 14.0 Å². The summed E-state index contributed by atoms with van der Waals surface area (Å²) in [4.78, 5) is 28.8. The molecule has 194 valence electrons. The molecule has 0 saturated heterocycles. The van der Waals surface area contributed by atoms with E-state index < -0.39 is 17.8 Å². The maximum absolute atomic E-state index is 13.6. The van der Waals surface area contributed by atoms with Gasteiger partial charge in [0.05, 0.1) is 0 Å². The first-order chi connectivity index (χ1) is 17.9. The van der Waals surface area contributed by atoms with E-state index in [0.29, 0.717) is 27.8 Å². The molecule has 1 N–H and O–H groups in total. The van der Waals surface area contributed by atoms with Gasteiger partial charge in [-0.3, -0.25) is 9.59 Å². The smallest absolute Gasteiger partial charge is 0.261 e. The standard InChI is InChI=1S/C29H29Cl2FN2O3/c30-22-11-10-21(26(31)17-22)18-34(28(35)19-37-25-14-12-23(32)13-15-25)27(16-20-6-2-1-3-7-20)29(36)33-24-8-4-5-9-24/h1-3,6-7,10-15,17,24,27H,4-5,8-9,16,18-19H2,(H,33,36). The Labute approximate surface area is 226 Å². The molecular weight excluding hydrogens is 514 g/mol. The molecule has 3 aromatic carbocycles. The van der Waals surface area contributed by atoms with Gasteiger partial charge in [0.25, 0.3) is 5.91 Å².